The van der Waals surface area contributed by atoms with Crippen LogP contribution < -0.4 is 4.74 Å². The number of carboxylic acids is 1. The molecule has 25 heavy (non-hydrogen) atoms. The summed E-state index contributed by atoms with van der Waals surface area (Å²) in [5.41, 5.74) is 2.19. The molecule has 0 aliphatic carbocycles. The van der Waals surface area contributed by atoms with E-state index in [1.807, 2.05) is 24.3 Å². The van der Waals surface area contributed by atoms with Gasteiger partial charge in [-0.05, 0) is 36.8 Å². The van der Waals surface area contributed by atoms with Crippen LogP contribution in [0.15, 0.2) is 42.5 Å². The number of carboxylic acid groups (broad SMARTS) is 1. The summed E-state index contributed by atoms with van der Waals surface area (Å²) < 4.78 is 7.56. The molecule has 3 aromatic rings. The zero-order valence-electron chi connectivity index (χ0n) is 13.9. The Labute approximate surface area is 150 Å². The van der Waals surface area contributed by atoms with Gasteiger partial charge in [0.25, 0.3) is 0 Å². The lowest BCUT2D eigenvalue weighted by molar-refractivity contribution is -0.137. The third-order valence-corrected chi connectivity index (χ3v) is 4.12. The van der Waals surface area contributed by atoms with E-state index in [-0.39, 0.29) is 6.54 Å². The number of benzene rings is 2. The highest BCUT2D eigenvalue weighted by molar-refractivity contribution is 6.31. The molecule has 0 fully saturated rings. The molecule has 5 nitrogen and oxygen atoms in total. The number of unbranched alkanes of at least 4 members (excludes halogenated alkanes) is 1. The van der Waals surface area contributed by atoms with Crippen LogP contribution in [0.2, 0.25) is 5.02 Å². The lowest BCUT2D eigenvalue weighted by Gasteiger charge is -2.13. The molecule has 0 bridgehead atoms. The van der Waals surface area contributed by atoms with Crippen LogP contribution in [0.1, 0.15) is 19.8 Å². The number of fused-ring (bicyclic) bond motifs is 1. The van der Waals surface area contributed by atoms with Gasteiger partial charge >= 0.3 is 5.97 Å². The number of aliphatic carboxylic acids is 1. The zero-order chi connectivity index (χ0) is 17.8. The predicted octanol–water partition coefficient (Wildman–Crippen LogP) is 4.62. The monoisotopic (exact) mass is 358 g/mol. The summed E-state index contributed by atoms with van der Waals surface area (Å²) in [6.45, 7) is 2.50. The van der Waals surface area contributed by atoms with Gasteiger partial charge in [-0.1, -0.05) is 37.1 Å². The summed E-state index contributed by atoms with van der Waals surface area (Å²) in [4.78, 5) is 16.0. The van der Waals surface area contributed by atoms with Crippen LogP contribution in [0.3, 0.4) is 0 Å². The number of imidazole rings is 1. The third-order valence-electron chi connectivity index (χ3n) is 3.89. The minimum Gasteiger partial charge on any atom is -0.493 e. The topological polar surface area (TPSA) is 64.4 Å². The maximum absolute atomic E-state index is 11.4. The van der Waals surface area contributed by atoms with Crippen LogP contribution in [-0.4, -0.2) is 27.2 Å². The van der Waals surface area contributed by atoms with E-state index in [4.69, 9.17) is 16.3 Å². The van der Waals surface area contributed by atoms with Gasteiger partial charge in [0, 0.05) is 5.02 Å². The Balaban J connectivity index is 2.15. The second-order valence-electron chi connectivity index (χ2n) is 5.75. The van der Waals surface area contributed by atoms with E-state index in [0.717, 1.165) is 23.9 Å². The van der Waals surface area contributed by atoms with Gasteiger partial charge in [0.2, 0.25) is 0 Å². The summed E-state index contributed by atoms with van der Waals surface area (Å²) in [5, 5.41) is 9.86. The third kappa shape index (κ3) is 3.77. The maximum Gasteiger partial charge on any atom is 0.323 e. The molecule has 0 aliphatic rings. The van der Waals surface area contributed by atoms with E-state index in [0.29, 0.717) is 28.8 Å². The molecule has 0 saturated heterocycles. The van der Waals surface area contributed by atoms with Crippen molar-refractivity contribution in [3.05, 3.63) is 47.5 Å². The van der Waals surface area contributed by atoms with Crippen molar-refractivity contribution in [3.63, 3.8) is 0 Å². The second-order valence-corrected chi connectivity index (χ2v) is 6.18. The number of hydrogen-bond acceptors (Lipinski definition) is 3. The van der Waals surface area contributed by atoms with E-state index >= 15 is 0 Å². The number of para-hydroxylation sites is 2. The van der Waals surface area contributed by atoms with Gasteiger partial charge in [-0.25, -0.2) is 4.98 Å². The first-order valence-corrected chi connectivity index (χ1v) is 8.57. The highest BCUT2D eigenvalue weighted by Gasteiger charge is 2.18. The van der Waals surface area contributed by atoms with Crippen molar-refractivity contribution in [3.8, 4) is 17.1 Å². The summed E-state index contributed by atoms with van der Waals surface area (Å²) in [5.74, 6) is 0.261. The van der Waals surface area contributed by atoms with E-state index in [2.05, 4.69) is 11.9 Å². The largest absolute Gasteiger partial charge is 0.493 e. The second kappa shape index (κ2) is 7.57. The number of aromatic nitrogens is 2. The molecule has 0 atom stereocenters. The highest BCUT2D eigenvalue weighted by atomic mass is 35.5. The van der Waals surface area contributed by atoms with Crippen LogP contribution >= 0.6 is 11.6 Å². The van der Waals surface area contributed by atoms with Crippen molar-refractivity contribution >= 4 is 28.6 Å². The number of rotatable bonds is 7. The Morgan fingerprint density at radius 1 is 1.28 bits per heavy atom. The van der Waals surface area contributed by atoms with Gasteiger partial charge in [0.1, 0.15) is 18.1 Å². The minimum absolute atomic E-state index is 0.184. The van der Waals surface area contributed by atoms with Crippen LogP contribution in [0, 0.1) is 0 Å². The Kier molecular flexibility index (Phi) is 5.24. The number of nitrogens with zero attached hydrogens (tertiary/aromatic N) is 2. The van der Waals surface area contributed by atoms with Crippen molar-refractivity contribution in [1.82, 2.24) is 9.55 Å². The van der Waals surface area contributed by atoms with Gasteiger partial charge in [-0.3, -0.25) is 4.79 Å². The van der Waals surface area contributed by atoms with Crippen molar-refractivity contribution in [1.29, 1.82) is 0 Å². The van der Waals surface area contributed by atoms with Crippen molar-refractivity contribution in [2.75, 3.05) is 6.61 Å². The molecular weight excluding hydrogens is 340 g/mol. The fraction of sp³-hybridized carbons (Fsp3) is 0.263. The van der Waals surface area contributed by atoms with E-state index in [1.54, 1.807) is 22.8 Å². The molecule has 0 unspecified atom stereocenters. The fourth-order valence-electron chi connectivity index (χ4n) is 2.71. The standard InChI is InChI=1S/C19H19ClN2O3/c1-2-3-10-25-17-9-8-13(20)11-14(17)19-21-15-6-4-5-7-16(15)22(19)12-18(23)24/h4-9,11H,2-3,10,12H2,1H3,(H,23,24). The Morgan fingerprint density at radius 3 is 2.84 bits per heavy atom. The highest BCUT2D eigenvalue weighted by Crippen LogP contribution is 2.34. The summed E-state index contributed by atoms with van der Waals surface area (Å²) in [7, 11) is 0. The zero-order valence-corrected chi connectivity index (χ0v) is 14.7. The molecule has 0 radical (unpaired) electrons. The van der Waals surface area contributed by atoms with Gasteiger partial charge in [-0.2, -0.15) is 0 Å². The van der Waals surface area contributed by atoms with Crippen LogP contribution in [0.5, 0.6) is 5.75 Å². The quantitative estimate of drug-likeness (QED) is 0.626. The summed E-state index contributed by atoms with van der Waals surface area (Å²) in [6.07, 6.45) is 1.97. The van der Waals surface area contributed by atoms with Crippen LogP contribution in [0.4, 0.5) is 0 Å². The first-order chi connectivity index (χ1) is 12.1. The molecular formula is C19H19ClN2O3. The predicted molar refractivity (Wildman–Crippen MR) is 98.2 cm³/mol. The Hall–Kier alpha value is -2.53. The minimum atomic E-state index is -0.931. The fourth-order valence-corrected chi connectivity index (χ4v) is 2.88. The molecule has 2 aromatic carbocycles. The van der Waals surface area contributed by atoms with Crippen molar-refractivity contribution in [2.24, 2.45) is 0 Å². The van der Waals surface area contributed by atoms with Gasteiger partial charge in [0.05, 0.1) is 23.2 Å². The van der Waals surface area contributed by atoms with Crippen LogP contribution in [-0.2, 0) is 11.3 Å². The molecule has 1 aromatic heterocycles. The number of hydrogen-bond donors (Lipinski definition) is 1. The molecule has 0 amide bonds. The number of halogens is 1. The van der Waals surface area contributed by atoms with E-state index < -0.39 is 5.97 Å². The average Bonchev–Trinajstić information content (AvgIpc) is 2.94. The van der Waals surface area contributed by atoms with Crippen molar-refractivity contribution < 1.29 is 14.6 Å². The van der Waals surface area contributed by atoms with Gasteiger partial charge < -0.3 is 14.4 Å². The molecule has 6 heteroatoms. The van der Waals surface area contributed by atoms with Gasteiger partial charge in [-0.15, -0.1) is 0 Å². The first-order valence-electron chi connectivity index (χ1n) is 8.20. The summed E-state index contributed by atoms with van der Waals surface area (Å²) >= 11 is 6.18. The number of carbonyl (C=O) groups is 1. The smallest absolute Gasteiger partial charge is 0.323 e. The average molecular weight is 359 g/mol. The molecule has 0 spiro atoms. The molecule has 1 N–H and O–H groups in total. The summed E-state index contributed by atoms with van der Waals surface area (Å²) in [6, 6.07) is 12.8. The molecule has 0 saturated carbocycles. The Bertz CT molecular complexity index is 905. The van der Waals surface area contributed by atoms with Gasteiger partial charge in [0.15, 0.2) is 0 Å². The van der Waals surface area contributed by atoms with E-state index in [1.165, 1.54) is 0 Å². The lowest BCUT2D eigenvalue weighted by atomic mass is 10.2. The molecule has 130 valence electrons. The number of ether oxygens (including phenoxy) is 1. The molecule has 3 rings (SSSR count). The Morgan fingerprint density at radius 2 is 2.08 bits per heavy atom. The molecule has 0 aliphatic heterocycles. The lowest BCUT2D eigenvalue weighted by Crippen LogP contribution is -2.10. The van der Waals surface area contributed by atoms with Crippen LogP contribution in [0.25, 0.3) is 22.4 Å². The maximum atomic E-state index is 11.4. The SMILES string of the molecule is CCCCOc1ccc(Cl)cc1-c1nc2ccccc2n1CC(=O)O. The normalized spacial score (nSPS) is 11.0. The first kappa shape index (κ1) is 17.3. The van der Waals surface area contributed by atoms with Crippen molar-refractivity contribution in [2.45, 2.75) is 26.3 Å². The molecule has 1 heterocycles. The van der Waals surface area contributed by atoms with E-state index in [9.17, 15) is 9.90 Å².